The van der Waals surface area contributed by atoms with Crippen molar-refractivity contribution in [2.75, 3.05) is 5.73 Å². The normalized spacial score (nSPS) is 31.0. The van der Waals surface area contributed by atoms with Gasteiger partial charge in [0.25, 0.3) is 5.56 Å². The van der Waals surface area contributed by atoms with E-state index in [4.69, 9.17) is 10.5 Å². The molecular weight excluding hydrogens is 319 g/mol. The van der Waals surface area contributed by atoms with E-state index in [-0.39, 0.29) is 17.0 Å². The molecule has 5 N–H and O–H groups in total. The van der Waals surface area contributed by atoms with Gasteiger partial charge in [-0.15, -0.1) is 5.92 Å². The van der Waals surface area contributed by atoms with Crippen LogP contribution < -0.4 is 11.3 Å². The molecule has 0 spiro atoms. The molecule has 128 valence electrons. The number of aromatic amines is 1. The second-order valence-corrected chi connectivity index (χ2v) is 5.69. The third kappa shape index (κ3) is 2.27. The highest BCUT2D eigenvalue weighted by Gasteiger charge is 2.59. The summed E-state index contributed by atoms with van der Waals surface area (Å²) in [6.07, 6.45) is -3.98. The first-order valence-corrected chi connectivity index (χ1v) is 7.30. The number of aromatic nitrogens is 3. The van der Waals surface area contributed by atoms with Gasteiger partial charge < -0.3 is 25.3 Å². The van der Waals surface area contributed by atoms with Gasteiger partial charge in [-0.05, 0) is 19.9 Å². The number of hydrogen-bond acceptors (Lipinski definition) is 6. The van der Waals surface area contributed by atoms with Crippen molar-refractivity contribution in [3.63, 3.8) is 0 Å². The second-order valence-electron chi connectivity index (χ2n) is 5.69. The lowest BCUT2D eigenvalue weighted by Gasteiger charge is -2.24. The molecule has 0 saturated carbocycles. The number of rotatable bonds is 2. The van der Waals surface area contributed by atoms with E-state index in [1.165, 1.54) is 30.7 Å². The minimum Gasteiger partial charge on any atom is -0.391 e. The Labute approximate surface area is 136 Å². The van der Waals surface area contributed by atoms with E-state index in [0.717, 1.165) is 0 Å². The van der Waals surface area contributed by atoms with Crippen LogP contribution in [0.5, 0.6) is 0 Å². The lowest BCUT2D eigenvalue weighted by Crippen LogP contribution is -2.44. The summed E-state index contributed by atoms with van der Waals surface area (Å²) in [5.41, 5.74) is 2.68. The van der Waals surface area contributed by atoms with Crippen molar-refractivity contribution in [2.45, 2.75) is 44.1 Å². The Hall–Kier alpha value is -2.41. The molecular formula is C15H17FN4O4. The van der Waals surface area contributed by atoms with E-state index in [1.54, 1.807) is 0 Å². The summed E-state index contributed by atoms with van der Waals surface area (Å²) in [4.78, 5) is 18.3. The molecule has 2 aromatic heterocycles. The Morgan fingerprint density at radius 1 is 1.62 bits per heavy atom. The van der Waals surface area contributed by atoms with Gasteiger partial charge in [0.05, 0.1) is 11.5 Å². The molecule has 3 rings (SSSR count). The Morgan fingerprint density at radius 3 is 2.96 bits per heavy atom. The first-order chi connectivity index (χ1) is 11.3. The maximum atomic E-state index is 15.4. The number of alkyl halides is 1. The summed E-state index contributed by atoms with van der Waals surface area (Å²) < 4.78 is 22.2. The summed E-state index contributed by atoms with van der Waals surface area (Å²) in [6.45, 7) is 2.81. The molecule has 0 amide bonds. The molecule has 8 nitrogen and oxygen atoms in total. The number of halogens is 1. The Morgan fingerprint density at radius 2 is 2.33 bits per heavy atom. The van der Waals surface area contributed by atoms with Crippen LogP contribution in [0, 0.1) is 11.8 Å². The van der Waals surface area contributed by atoms with Gasteiger partial charge in [-0.3, -0.25) is 9.78 Å². The van der Waals surface area contributed by atoms with E-state index in [9.17, 15) is 15.0 Å². The van der Waals surface area contributed by atoms with E-state index >= 15 is 4.39 Å². The first kappa shape index (κ1) is 16.4. The molecule has 1 aliphatic heterocycles. The van der Waals surface area contributed by atoms with Crippen LogP contribution in [0.15, 0.2) is 17.1 Å². The van der Waals surface area contributed by atoms with E-state index in [1.807, 2.05) is 0 Å². The van der Waals surface area contributed by atoms with Crippen LogP contribution in [0.1, 0.15) is 20.1 Å². The van der Waals surface area contributed by atoms with Crippen LogP contribution >= 0.6 is 0 Å². The van der Waals surface area contributed by atoms with Crippen LogP contribution in [0.2, 0.25) is 0 Å². The standard InChI is InChI=1S/C15H17FN4O4/c1-3-5-15(16)10(22)9(7(2)21)24-13(15)20-6-4-8-11(20)18-14(17)19-12(8)23/h4,6-7,9-10,13,21-22H,1-2H3,(H3,17,18,19,23)/t7-,9-,10?,13-,15-/m1/s1. The highest BCUT2D eigenvalue weighted by atomic mass is 19.1. The van der Waals surface area contributed by atoms with Crippen molar-refractivity contribution in [3.05, 3.63) is 22.6 Å². The molecule has 0 radical (unpaired) electrons. The molecule has 1 aliphatic rings. The molecule has 0 aromatic carbocycles. The summed E-state index contributed by atoms with van der Waals surface area (Å²) in [6, 6.07) is 1.44. The minimum atomic E-state index is -2.48. The first-order valence-electron chi connectivity index (χ1n) is 7.30. The fourth-order valence-corrected chi connectivity index (χ4v) is 2.93. The average molecular weight is 336 g/mol. The number of nitrogens with one attached hydrogen (secondary N) is 1. The molecule has 1 unspecified atom stereocenters. The Bertz CT molecular complexity index is 896. The maximum Gasteiger partial charge on any atom is 0.261 e. The molecule has 9 heteroatoms. The number of aliphatic hydroxyl groups is 2. The molecule has 24 heavy (non-hydrogen) atoms. The third-order valence-corrected chi connectivity index (χ3v) is 4.03. The zero-order valence-corrected chi connectivity index (χ0v) is 13.0. The smallest absolute Gasteiger partial charge is 0.261 e. The zero-order valence-electron chi connectivity index (χ0n) is 13.0. The number of fused-ring (bicyclic) bond motifs is 1. The third-order valence-electron chi connectivity index (χ3n) is 4.03. The second kappa shape index (κ2) is 5.59. The number of hydrogen-bond donors (Lipinski definition) is 4. The molecule has 1 fully saturated rings. The van der Waals surface area contributed by atoms with E-state index in [0.29, 0.717) is 0 Å². The van der Waals surface area contributed by atoms with Crippen molar-refractivity contribution in [2.24, 2.45) is 0 Å². The van der Waals surface area contributed by atoms with Gasteiger partial charge in [0.1, 0.15) is 12.2 Å². The van der Waals surface area contributed by atoms with Gasteiger partial charge in [-0.2, -0.15) is 4.98 Å². The lowest BCUT2D eigenvalue weighted by molar-refractivity contribution is -0.0775. The number of nitrogens with zero attached hydrogens (tertiary/aromatic N) is 2. The van der Waals surface area contributed by atoms with Crippen LogP contribution in [0.25, 0.3) is 11.0 Å². The molecule has 1 saturated heterocycles. The number of ether oxygens (including phenoxy) is 1. The molecule has 0 aliphatic carbocycles. The summed E-state index contributed by atoms with van der Waals surface area (Å²) in [5, 5.41) is 20.2. The number of nitrogens with two attached hydrogens (primary N) is 1. The SMILES string of the molecule is CC#C[C@@]1(F)C(O)[C@@H]([C@@H](C)O)O[C@H]1n1ccc2c(=O)[nH]c(N)nc21. The average Bonchev–Trinajstić information content (AvgIpc) is 3.00. The summed E-state index contributed by atoms with van der Waals surface area (Å²) in [7, 11) is 0. The largest absolute Gasteiger partial charge is 0.391 e. The van der Waals surface area contributed by atoms with Crippen LogP contribution in [-0.4, -0.2) is 48.7 Å². The number of aliphatic hydroxyl groups excluding tert-OH is 2. The van der Waals surface area contributed by atoms with Crippen molar-refractivity contribution in [1.29, 1.82) is 0 Å². The summed E-state index contributed by atoms with van der Waals surface area (Å²) in [5.74, 6) is 4.61. The highest BCUT2D eigenvalue weighted by Crippen LogP contribution is 2.43. The molecule has 5 atom stereocenters. The monoisotopic (exact) mass is 336 g/mol. The van der Waals surface area contributed by atoms with Gasteiger partial charge >= 0.3 is 0 Å². The van der Waals surface area contributed by atoms with Gasteiger partial charge in [-0.25, -0.2) is 4.39 Å². The predicted octanol–water partition coefficient (Wildman–Crippen LogP) is -0.323. The number of H-pyrrole nitrogens is 1. The zero-order chi connectivity index (χ0) is 17.6. The lowest BCUT2D eigenvalue weighted by atomic mass is 9.94. The summed E-state index contributed by atoms with van der Waals surface area (Å²) >= 11 is 0. The van der Waals surface area contributed by atoms with Gasteiger partial charge in [0, 0.05) is 6.20 Å². The topological polar surface area (TPSA) is 126 Å². The van der Waals surface area contributed by atoms with Crippen LogP contribution in [0.4, 0.5) is 10.3 Å². The molecule has 0 bridgehead atoms. The number of anilines is 1. The van der Waals surface area contributed by atoms with Gasteiger partial charge in [0.15, 0.2) is 11.9 Å². The fourth-order valence-electron chi connectivity index (χ4n) is 2.93. The predicted molar refractivity (Wildman–Crippen MR) is 83.7 cm³/mol. The van der Waals surface area contributed by atoms with Gasteiger partial charge in [-0.1, -0.05) is 5.92 Å². The number of nitrogen functional groups attached to an aromatic ring is 1. The highest BCUT2D eigenvalue weighted by molar-refractivity contribution is 5.76. The Kier molecular flexibility index (Phi) is 3.83. The molecule has 2 aromatic rings. The van der Waals surface area contributed by atoms with Crippen molar-refractivity contribution < 1.29 is 19.3 Å². The van der Waals surface area contributed by atoms with Crippen LogP contribution in [0.3, 0.4) is 0 Å². The maximum absolute atomic E-state index is 15.4. The quantitative estimate of drug-likeness (QED) is 0.557. The van der Waals surface area contributed by atoms with Crippen molar-refractivity contribution in [3.8, 4) is 11.8 Å². The minimum absolute atomic E-state index is 0.0969. The van der Waals surface area contributed by atoms with E-state index in [2.05, 4.69) is 21.8 Å². The Balaban J connectivity index is 2.20. The van der Waals surface area contributed by atoms with Gasteiger partial charge in [0.2, 0.25) is 11.6 Å². The molecule has 3 heterocycles. The van der Waals surface area contributed by atoms with E-state index < -0.39 is 35.8 Å². The fraction of sp³-hybridized carbons (Fsp3) is 0.467. The van der Waals surface area contributed by atoms with Crippen LogP contribution in [-0.2, 0) is 4.74 Å². The van der Waals surface area contributed by atoms with Crippen molar-refractivity contribution >= 4 is 17.0 Å². The van der Waals surface area contributed by atoms with Crippen molar-refractivity contribution in [1.82, 2.24) is 14.5 Å².